The van der Waals surface area contributed by atoms with Crippen LogP contribution in [0, 0.1) is 0 Å². The van der Waals surface area contributed by atoms with Gasteiger partial charge in [-0.25, -0.2) is 0 Å². The van der Waals surface area contributed by atoms with Gasteiger partial charge in [0.05, 0.1) is 13.0 Å². The Morgan fingerprint density at radius 1 is 1.31 bits per heavy atom. The topological polar surface area (TPSA) is 26.3 Å². The average Bonchev–Trinajstić information content (AvgIpc) is 2.23. The standard InChI is InChI=1S/C11H11Br3O2/c1-2-16-11(15)5-8-9(13)3-7(6-12)4-10(8)14/h3-4H,2,5-6H2,1H3. The summed E-state index contributed by atoms with van der Waals surface area (Å²) in [5.41, 5.74) is 2.06. The molecule has 16 heavy (non-hydrogen) atoms. The molecule has 0 aliphatic heterocycles. The summed E-state index contributed by atoms with van der Waals surface area (Å²) in [6.45, 7) is 2.21. The molecule has 0 aliphatic carbocycles. The number of esters is 1. The van der Waals surface area contributed by atoms with Crippen LogP contribution in [0.1, 0.15) is 18.1 Å². The third-order valence-corrected chi connectivity index (χ3v) is 4.04. The maximum absolute atomic E-state index is 11.4. The minimum absolute atomic E-state index is 0.213. The molecule has 1 aromatic carbocycles. The molecule has 0 saturated carbocycles. The summed E-state index contributed by atoms with van der Waals surface area (Å²) >= 11 is 10.3. The molecule has 1 aromatic rings. The van der Waals surface area contributed by atoms with Crippen LogP contribution < -0.4 is 0 Å². The molecule has 0 aliphatic rings. The largest absolute Gasteiger partial charge is 0.466 e. The summed E-state index contributed by atoms with van der Waals surface area (Å²) in [5.74, 6) is -0.213. The van der Waals surface area contributed by atoms with E-state index in [-0.39, 0.29) is 12.4 Å². The Hall–Kier alpha value is 0.130. The number of carbonyl (C=O) groups excluding carboxylic acids is 1. The van der Waals surface area contributed by atoms with Crippen LogP contribution in [0.4, 0.5) is 0 Å². The van der Waals surface area contributed by atoms with E-state index >= 15 is 0 Å². The van der Waals surface area contributed by atoms with E-state index in [1.54, 1.807) is 6.92 Å². The van der Waals surface area contributed by atoms with Gasteiger partial charge in [0, 0.05) is 14.3 Å². The number of halogens is 3. The second-order valence-electron chi connectivity index (χ2n) is 3.15. The zero-order valence-corrected chi connectivity index (χ0v) is 13.5. The van der Waals surface area contributed by atoms with E-state index in [1.165, 1.54) is 0 Å². The molecule has 0 aromatic heterocycles. The molecule has 2 nitrogen and oxygen atoms in total. The molecule has 0 spiro atoms. The Morgan fingerprint density at radius 3 is 2.31 bits per heavy atom. The van der Waals surface area contributed by atoms with Gasteiger partial charge in [-0.15, -0.1) is 0 Å². The minimum Gasteiger partial charge on any atom is -0.466 e. The second-order valence-corrected chi connectivity index (χ2v) is 5.42. The van der Waals surface area contributed by atoms with Gasteiger partial charge in [-0.2, -0.15) is 0 Å². The third-order valence-electron chi connectivity index (χ3n) is 1.98. The maximum Gasteiger partial charge on any atom is 0.310 e. The quantitative estimate of drug-likeness (QED) is 0.545. The fourth-order valence-electron chi connectivity index (χ4n) is 1.26. The van der Waals surface area contributed by atoms with Crippen molar-refractivity contribution in [3.8, 4) is 0 Å². The summed E-state index contributed by atoms with van der Waals surface area (Å²) in [6.07, 6.45) is 0.275. The highest BCUT2D eigenvalue weighted by Gasteiger charge is 2.12. The average molecular weight is 415 g/mol. The van der Waals surface area contributed by atoms with Gasteiger partial charge in [0.15, 0.2) is 0 Å². The lowest BCUT2D eigenvalue weighted by molar-refractivity contribution is -0.142. The van der Waals surface area contributed by atoms with E-state index < -0.39 is 0 Å². The molecule has 0 bridgehead atoms. The number of carbonyl (C=O) groups is 1. The monoisotopic (exact) mass is 412 g/mol. The van der Waals surface area contributed by atoms with Gasteiger partial charge in [-0.05, 0) is 30.2 Å². The first kappa shape index (κ1) is 14.2. The van der Waals surface area contributed by atoms with Crippen LogP contribution in [-0.2, 0) is 21.3 Å². The summed E-state index contributed by atoms with van der Waals surface area (Å²) < 4.78 is 6.76. The van der Waals surface area contributed by atoms with Gasteiger partial charge in [0.25, 0.3) is 0 Å². The second kappa shape index (κ2) is 6.77. The fraction of sp³-hybridized carbons (Fsp3) is 0.364. The Bertz CT molecular complexity index is 368. The maximum atomic E-state index is 11.4. The Labute approximate surface area is 120 Å². The van der Waals surface area contributed by atoms with Gasteiger partial charge >= 0.3 is 5.97 Å². The summed E-state index contributed by atoms with van der Waals surface area (Å²) in [6, 6.07) is 3.99. The normalized spacial score (nSPS) is 10.2. The van der Waals surface area contributed by atoms with Crippen LogP contribution in [0.5, 0.6) is 0 Å². The molecule has 0 heterocycles. The van der Waals surface area contributed by atoms with Crippen molar-refractivity contribution in [3.05, 3.63) is 32.2 Å². The van der Waals surface area contributed by atoms with Crippen molar-refractivity contribution < 1.29 is 9.53 Å². The van der Waals surface area contributed by atoms with Gasteiger partial charge in [0.1, 0.15) is 0 Å². The number of hydrogen-bond donors (Lipinski definition) is 0. The summed E-state index contributed by atoms with van der Waals surface area (Å²) in [7, 11) is 0. The van der Waals surface area contributed by atoms with Crippen molar-refractivity contribution in [3.63, 3.8) is 0 Å². The van der Waals surface area contributed by atoms with Gasteiger partial charge < -0.3 is 4.74 Å². The highest BCUT2D eigenvalue weighted by atomic mass is 79.9. The number of alkyl halides is 1. The van der Waals surface area contributed by atoms with Gasteiger partial charge in [0.2, 0.25) is 0 Å². The lowest BCUT2D eigenvalue weighted by atomic mass is 10.1. The van der Waals surface area contributed by atoms with Crippen molar-refractivity contribution in [2.24, 2.45) is 0 Å². The highest BCUT2D eigenvalue weighted by molar-refractivity contribution is 9.11. The van der Waals surface area contributed by atoms with E-state index in [4.69, 9.17) is 4.74 Å². The lowest BCUT2D eigenvalue weighted by Crippen LogP contribution is -2.08. The van der Waals surface area contributed by atoms with Crippen LogP contribution in [-0.4, -0.2) is 12.6 Å². The molecular weight excluding hydrogens is 404 g/mol. The van der Waals surface area contributed by atoms with Crippen molar-refractivity contribution in [1.82, 2.24) is 0 Å². The van der Waals surface area contributed by atoms with Crippen LogP contribution in [0.15, 0.2) is 21.1 Å². The van der Waals surface area contributed by atoms with Crippen LogP contribution in [0.25, 0.3) is 0 Å². The van der Waals surface area contributed by atoms with Crippen LogP contribution in [0.3, 0.4) is 0 Å². The molecule has 0 amide bonds. The molecular formula is C11H11Br3O2. The van der Waals surface area contributed by atoms with Crippen molar-refractivity contribution in [2.75, 3.05) is 6.61 Å². The van der Waals surface area contributed by atoms with E-state index in [9.17, 15) is 4.79 Å². The Kier molecular flexibility index (Phi) is 6.00. The minimum atomic E-state index is -0.213. The van der Waals surface area contributed by atoms with E-state index in [1.807, 2.05) is 12.1 Å². The summed E-state index contributed by atoms with van der Waals surface area (Å²) in [4.78, 5) is 11.4. The van der Waals surface area contributed by atoms with Crippen LogP contribution in [0.2, 0.25) is 0 Å². The predicted octanol–water partition coefficient (Wildman–Crippen LogP) is 4.21. The van der Waals surface area contributed by atoms with E-state index in [0.29, 0.717) is 6.61 Å². The smallest absolute Gasteiger partial charge is 0.310 e. The Morgan fingerprint density at radius 2 is 1.88 bits per heavy atom. The molecule has 1 rings (SSSR count). The van der Waals surface area contributed by atoms with E-state index in [0.717, 1.165) is 25.4 Å². The molecule has 88 valence electrons. The van der Waals surface area contributed by atoms with Gasteiger partial charge in [-0.3, -0.25) is 4.79 Å². The number of benzene rings is 1. The SMILES string of the molecule is CCOC(=O)Cc1c(Br)cc(CBr)cc1Br. The van der Waals surface area contributed by atoms with Crippen molar-refractivity contribution >= 4 is 53.8 Å². The predicted molar refractivity (Wildman–Crippen MR) is 74.8 cm³/mol. The number of ether oxygens (including phenoxy) is 1. The molecule has 5 heteroatoms. The van der Waals surface area contributed by atoms with Gasteiger partial charge in [-0.1, -0.05) is 47.8 Å². The van der Waals surface area contributed by atoms with Crippen LogP contribution >= 0.6 is 47.8 Å². The van der Waals surface area contributed by atoms with Crippen molar-refractivity contribution in [1.29, 1.82) is 0 Å². The number of hydrogen-bond acceptors (Lipinski definition) is 2. The molecule has 0 N–H and O–H groups in total. The molecule has 0 atom stereocenters. The zero-order chi connectivity index (χ0) is 12.1. The molecule has 0 unspecified atom stereocenters. The molecule has 0 saturated heterocycles. The van der Waals surface area contributed by atoms with E-state index in [2.05, 4.69) is 47.8 Å². The lowest BCUT2D eigenvalue weighted by Gasteiger charge is -2.09. The third kappa shape index (κ3) is 3.86. The zero-order valence-electron chi connectivity index (χ0n) is 8.73. The number of rotatable bonds is 4. The Balaban J connectivity index is 2.92. The fourth-order valence-corrected chi connectivity index (χ4v) is 3.14. The highest BCUT2D eigenvalue weighted by Crippen LogP contribution is 2.29. The molecule has 0 fully saturated rings. The first-order valence-corrected chi connectivity index (χ1v) is 7.47. The summed E-state index contributed by atoms with van der Waals surface area (Å²) in [5, 5.41) is 0.782. The molecule has 0 radical (unpaired) electrons. The first-order valence-electron chi connectivity index (χ1n) is 4.76. The van der Waals surface area contributed by atoms with Crippen molar-refractivity contribution in [2.45, 2.75) is 18.7 Å². The first-order chi connectivity index (χ1) is 7.58.